The minimum atomic E-state index is -0.377. The fraction of sp³-hybridized carbons (Fsp3) is 0.318. The van der Waals surface area contributed by atoms with Gasteiger partial charge in [-0.2, -0.15) is 0 Å². The Bertz CT molecular complexity index is 751. The van der Waals surface area contributed by atoms with Crippen molar-refractivity contribution >= 4 is 5.97 Å². The monoisotopic (exact) mass is 352 g/mol. The lowest BCUT2D eigenvalue weighted by atomic mass is 9.96. The summed E-state index contributed by atoms with van der Waals surface area (Å²) in [4.78, 5) is 12.2. The van der Waals surface area contributed by atoms with Crippen molar-refractivity contribution in [3.8, 4) is 23.3 Å². The largest absolute Gasteiger partial charge is 0.497 e. The lowest BCUT2D eigenvalue weighted by molar-refractivity contribution is -0.144. The molecule has 0 aromatic heterocycles. The van der Waals surface area contributed by atoms with E-state index in [1.54, 1.807) is 21.0 Å². The number of carbonyl (C=O) groups excluding carboxylic acids is 1. The third-order valence-electron chi connectivity index (χ3n) is 3.90. The molecule has 2 rings (SSSR count). The Balaban J connectivity index is 2.02. The van der Waals surface area contributed by atoms with E-state index in [0.717, 1.165) is 22.6 Å². The summed E-state index contributed by atoms with van der Waals surface area (Å²) in [5.41, 5.74) is 1.93. The molecule has 0 aliphatic heterocycles. The highest BCUT2D eigenvalue weighted by molar-refractivity contribution is 5.78. The lowest BCUT2D eigenvalue weighted by Crippen LogP contribution is -2.15. The standard InChI is InChI=1S/C22H24O4/c1-4-6-7-21(22(23)25-5-2)18-10-14-20(15-11-18)26-16-17-8-12-19(24-3)13-9-17/h8-15,21H,5,7,16H2,1-3H3. The molecule has 0 fully saturated rings. The second-order valence-electron chi connectivity index (χ2n) is 5.64. The summed E-state index contributed by atoms with van der Waals surface area (Å²) < 4.78 is 16.1. The number of carbonyl (C=O) groups is 1. The molecule has 26 heavy (non-hydrogen) atoms. The first-order chi connectivity index (χ1) is 12.7. The Morgan fingerprint density at radius 1 is 1.04 bits per heavy atom. The van der Waals surface area contributed by atoms with Crippen LogP contribution in [0.2, 0.25) is 0 Å². The van der Waals surface area contributed by atoms with Gasteiger partial charge in [-0.05, 0) is 49.2 Å². The number of methoxy groups -OCH3 is 1. The first-order valence-electron chi connectivity index (χ1n) is 8.59. The van der Waals surface area contributed by atoms with Crippen molar-refractivity contribution in [1.82, 2.24) is 0 Å². The van der Waals surface area contributed by atoms with E-state index in [9.17, 15) is 4.79 Å². The average molecular weight is 352 g/mol. The van der Waals surface area contributed by atoms with Crippen LogP contribution in [0.1, 0.15) is 37.3 Å². The highest BCUT2D eigenvalue weighted by atomic mass is 16.5. The van der Waals surface area contributed by atoms with Gasteiger partial charge in [0.05, 0.1) is 19.6 Å². The van der Waals surface area contributed by atoms with Crippen LogP contribution in [0.25, 0.3) is 0 Å². The van der Waals surface area contributed by atoms with Gasteiger partial charge in [0.15, 0.2) is 0 Å². The van der Waals surface area contributed by atoms with Crippen molar-refractivity contribution in [2.75, 3.05) is 13.7 Å². The Morgan fingerprint density at radius 3 is 2.27 bits per heavy atom. The molecule has 2 aromatic carbocycles. The number of benzene rings is 2. The Labute approximate surface area is 155 Å². The number of esters is 1. The molecule has 0 amide bonds. The number of ether oxygens (including phenoxy) is 3. The summed E-state index contributed by atoms with van der Waals surface area (Å²) in [6.45, 7) is 4.39. The van der Waals surface area contributed by atoms with E-state index >= 15 is 0 Å². The van der Waals surface area contributed by atoms with Gasteiger partial charge < -0.3 is 14.2 Å². The molecule has 1 unspecified atom stereocenters. The maximum Gasteiger partial charge on any atom is 0.314 e. The van der Waals surface area contributed by atoms with Crippen molar-refractivity contribution in [2.45, 2.75) is 32.8 Å². The normalized spacial score (nSPS) is 11.0. The van der Waals surface area contributed by atoms with Crippen LogP contribution >= 0.6 is 0 Å². The Kier molecular flexibility index (Phi) is 7.57. The topological polar surface area (TPSA) is 44.8 Å². The summed E-state index contributed by atoms with van der Waals surface area (Å²) in [5, 5.41) is 0. The molecule has 4 heteroatoms. The number of rotatable bonds is 8. The van der Waals surface area contributed by atoms with E-state index in [1.807, 2.05) is 48.5 Å². The molecule has 0 heterocycles. The van der Waals surface area contributed by atoms with Crippen LogP contribution in [0.4, 0.5) is 0 Å². The molecule has 0 aliphatic rings. The fourth-order valence-corrected chi connectivity index (χ4v) is 2.47. The molecule has 0 radical (unpaired) electrons. The predicted octanol–water partition coefficient (Wildman–Crippen LogP) is 4.33. The Morgan fingerprint density at radius 2 is 1.69 bits per heavy atom. The number of hydrogen-bond acceptors (Lipinski definition) is 4. The molecular weight excluding hydrogens is 328 g/mol. The van der Waals surface area contributed by atoms with Crippen molar-refractivity contribution in [2.24, 2.45) is 0 Å². The van der Waals surface area contributed by atoms with Gasteiger partial charge in [-0.25, -0.2) is 0 Å². The highest BCUT2D eigenvalue weighted by Crippen LogP contribution is 2.24. The summed E-state index contributed by atoms with van der Waals surface area (Å²) in [5.74, 6) is 6.73. The van der Waals surface area contributed by atoms with Crippen LogP contribution in [-0.2, 0) is 16.1 Å². The quantitative estimate of drug-likeness (QED) is 0.524. The van der Waals surface area contributed by atoms with Gasteiger partial charge in [0, 0.05) is 6.42 Å². The molecule has 0 saturated heterocycles. The minimum absolute atomic E-state index is 0.248. The first-order valence-corrected chi connectivity index (χ1v) is 8.59. The smallest absolute Gasteiger partial charge is 0.314 e. The van der Waals surface area contributed by atoms with Crippen molar-refractivity contribution < 1.29 is 19.0 Å². The molecule has 2 aromatic rings. The second-order valence-corrected chi connectivity index (χ2v) is 5.64. The molecule has 136 valence electrons. The van der Waals surface area contributed by atoms with Crippen molar-refractivity contribution in [1.29, 1.82) is 0 Å². The third kappa shape index (κ3) is 5.56. The lowest BCUT2D eigenvalue weighted by Gasteiger charge is -2.14. The maximum absolute atomic E-state index is 12.2. The zero-order valence-electron chi connectivity index (χ0n) is 15.5. The minimum Gasteiger partial charge on any atom is -0.497 e. The zero-order chi connectivity index (χ0) is 18.8. The zero-order valence-corrected chi connectivity index (χ0v) is 15.5. The van der Waals surface area contributed by atoms with Crippen LogP contribution in [0, 0.1) is 11.8 Å². The van der Waals surface area contributed by atoms with Gasteiger partial charge in [0.1, 0.15) is 18.1 Å². The molecule has 0 bridgehead atoms. The molecule has 0 saturated carbocycles. The molecule has 0 N–H and O–H groups in total. The summed E-state index contributed by atoms with van der Waals surface area (Å²) >= 11 is 0. The van der Waals surface area contributed by atoms with Gasteiger partial charge in [-0.15, -0.1) is 11.8 Å². The van der Waals surface area contributed by atoms with E-state index in [1.165, 1.54) is 0 Å². The van der Waals surface area contributed by atoms with Crippen molar-refractivity contribution in [3.05, 3.63) is 59.7 Å². The Hall–Kier alpha value is -2.93. The average Bonchev–Trinajstić information content (AvgIpc) is 2.68. The molecular formula is C22H24O4. The molecule has 0 spiro atoms. The fourth-order valence-electron chi connectivity index (χ4n) is 2.47. The summed E-state index contributed by atoms with van der Waals surface area (Å²) in [6, 6.07) is 15.3. The molecule has 0 aliphatic carbocycles. The second kappa shape index (κ2) is 10.1. The predicted molar refractivity (Wildman–Crippen MR) is 101 cm³/mol. The van der Waals surface area contributed by atoms with Crippen LogP contribution in [-0.4, -0.2) is 19.7 Å². The van der Waals surface area contributed by atoms with Gasteiger partial charge in [0.2, 0.25) is 0 Å². The SMILES string of the molecule is CC#CCC(C(=O)OCC)c1ccc(OCc2ccc(OC)cc2)cc1. The van der Waals surface area contributed by atoms with Crippen molar-refractivity contribution in [3.63, 3.8) is 0 Å². The molecule has 1 atom stereocenters. The van der Waals surface area contributed by atoms with Gasteiger partial charge >= 0.3 is 5.97 Å². The first kappa shape index (κ1) is 19.4. The van der Waals surface area contributed by atoms with Crippen LogP contribution in [0.5, 0.6) is 11.5 Å². The molecule has 4 nitrogen and oxygen atoms in total. The summed E-state index contributed by atoms with van der Waals surface area (Å²) in [6.07, 6.45) is 0.446. The van der Waals surface area contributed by atoms with E-state index in [-0.39, 0.29) is 11.9 Å². The van der Waals surface area contributed by atoms with Crippen LogP contribution in [0.15, 0.2) is 48.5 Å². The number of hydrogen-bond donors (Lipinski definition) is 0. The van der Waals surface area contributed by atoms with E-state index < -0.39 is 0 Å². The highest BCUT2D eigenvalue weighted by Gasteiger charge is 2.21. The van der Waals surface area contributed by atoms with Gasteiger partial charge in [0.25, 0.3) is 0 Å². The third-order valence-corrected chi connectivity index (χ3v) is 3.90. The van der Waals surface area contributed by atoms with Crippen LogP contribution < -0.4 is 9.47 Å². The van der Waals surface area contributed by atoms with E-state index in [4.69, 9.17) is 14.2 Å². The van der Waals surface area contributed by atoms with Gasteiger partial charge in [-0.3, -0.25) is 4.79 Å². The van der Waals surface area contributed by atoms with Gasteiger partial charge in [-0.1, -0.05) is 24.3 Å². The summed E-state index contributed by atoms with van der Waals surface area (Å²) in [7, 11) is 1.64. The van der Waals surface area contributed by atoms with Crippen LogP contribution in [0.3, 0.4) is 0 Å². The van der Waals surface area contributed by atoms with E-state index in [2.05, 4.69) is 11.8 Å². The van der Waals surface area contributed by atoms with E-state index in [0.29, 0.717) is 19.6 Å². The maximum atomic E-state index is 12.2.